The molecule has 0 spiro atoms. The number of para-hydroxylation sites is 1. The molecule has 1 amide bonds. The number of methoxy groups -OCH3 is 2. The van der Waals surface area contributed by atoms with Gasteiger partial charge in [-0.1, -0.05) is 138 Å². The Morgan fingerprint density at radius 1 is 0.565 bits per heavy atom. The Kier molecular flexibility index (Phi) is 13.4. The Bertz CT molecular complexity index is 3100. The van der Waals surface area contributed by atoms with Gasteiger partial charge in [-0.2, -0.15) is 42.1 Å². The van der Waals surface area contributed by atoms with Crippen LogP contribution in [0.1, 0.15) is 17.8 Å². The van der Waals surface area contributed by atoms with Crippen LogP contribution in [0.25, 0.3) is 65.2 Å². The molecule has 0 fully saturated rings. The minimum absolute atomic E-state index is 0. The van der Waals surface area contributed by atoms with Crippen molar-refractivity contribution in [2.75, 3.05) is 14.2 Å². The molecule has 62 heavy (non-hydrogen) atoms. The van der Waals surface area contributed by atoms with Gasteiger partial charge in [0.2, 0.25) is 0 Å². The summed E-state index contributed by atoms with van der Waals surface area (Å²) in [7, 11) is 3.32. The number of fused-ring (bicyclic) bond motifs is 5. The van der Waals surface area contributed by atoms with E-state index in [4.69, 9.17) is 9.47 Å². The molecular weight excluding hydrogens is 973 g/mol. The van der Waals surface area contributed by atoms with Crippen molar-refractivity contribution < 1.29 is 34.4 Å². The van der Waals surface area contributed by atoms with E-state index < -0.39 is 0 Å². The molecule has 0 aliphatic heterocycles. The SMILES string of the molecule is C.COc1c[c-]c(-n2nc3ccccc3n2)c2ccccc12.COc1c[c-]c(-n2nc3ccccc3n2)c2ccccc12.O=C(N=c1[n-]c2ccccc2s1)c1ccccc1.[Ir+3]. The van der Waals surface area contributed by atoms with Gasteiger partial charge in [0.15, 0.2) is 5.91 Å². The number of amides is 1. The summed E-state index contributed by atoms with van der Waals surface area (Å²) in [5.41, 5.74) is 6.57. The Labute approximate surface area is 374 Å². The molecule has 0 aliphatic rings. The van der Waals surface area contributed by atoms with Crippen LogP contribution in [0.2, 0.25) is 0 Å². The number of ether oxygens (including phenoxy) is 2. The first-order valence-corrected chi connectivity index (χ1v) is 19.6. The maximum atomic E-state index is 11.9. The zero-order chi connectivity index (χ0) is 40.8. The normalized spacial score (nSPS) is 11.0. The van der Waals surface area contributed by atoms with Gasteiger partial charge in [-0.15, -0.1) is 35.6 Å². The van der Waals surface area contributed by atoms with Gasteiger partial charge >= 0.3 is 20.1 Å². The standard InChI is InChI=1S/2C17H12N3O.C14H10N2OS.CH4.Ir/c2*1-21-17-11-10-16(12-6-2-3-7-13(12)17)20-18-14-8-4-5-9-15(14)19-20;17-13(10-6-2-1-3-7-10)16-14-15-11-8-4-5-9-12(11)18-14;;/h2*2-9,11H,1H3;1-9H,(H,15,16,17);1H4;/q2*-1;;;+3/p-1. The fourth-order valence-corrected chi connectivity index (χ4v) is 7.45. The zero-order valence-electron chi connectivity index (χ0n) is 32.6. The summed E-state index contributed by atoms with van der Waals surface area (Å²) in [5.74, 6) is 1.34. The van der Waals surface area contributed by atoms with Crippen molar-refractivity contribution in [3.8, 4) is 22.9 Å². The zero-order valence-corrected chi connectivity index (χ0v) is 35.8. The third-order valence-electron chi connectivity index (χ3n) is 9.49. The maximum absolute atomic E-state index is 11.9. The van der Waals surface area contributed by atoms with Crippen LogP contribution in [0.15, 0.2) is 169 Å². The first-order chi connectivity index (χ1) is 29.6. The molecule has 0 atom stereocenters. The van der Waals surface area contributed by atoms with E-state index in [1.165, 1.54) is 11.3 Å². The second-order valence-corrected chi connectivity index (χ2v) is 14.2. The number of thiazole rings is 1. The van der Waals surface area contributed by atoms with Crippen LogP contribution in [0.3, 0.4) is 0 Å². The van der Waals surface area contributed by atoms with Crippen molar-refractivity contribution in [1.29, 1.82) is 0 Å². The molecule has 11 aromatic rings. The molecule has 8 aromatic carbocycles. The average Bonchev–Trinajstić information content (AvgIpc) is 4.06. The van der Waals surface area contributed by atoms with Crippen LogP contribution in [-0.4, -0.2) is 50.1 Å². The fourth-order valence-electron chi connectivity index (χ4n) is 6.62. The van der Waals surface area contributed by atoms with Crippen molar-refractivity contribution in [1.82, 2.24) is 35.0 Å². The summed E-state index contributed by atoms with van der Waals surface area (Å²) >= 11 is 1.42. The first-order valence-electron chi connectivity index (χ1n) is 18.8. The predicted octanol–water partition coefficient (Wildman–Crippen LogP) is 10.00. The summed E-state index contributed by atoms with van der Waals surface area (Å²) in [6.07, 6.45) is 0. The van der Waals surface area contributed by atoms with E-state index in [-0.39, 0.29) is 33.4 Å². The number of hydrogen-bond donors (Lipinski definition) is 0. The average molecular weight is 1010 g/mol. The second kappa shape index (κ2) is 19.4. The summed E-state index contributed by atoms with van der Waals surface area (Å²) in [5, 5.41) is 22.2. The Hall–Kier alpha value is -7.31. The van der Waals surface area contributed by atoms with Crippen molar-refractivity contribution in [2.45, 2.75) is 7.43 Å². The molecule has 306 valence electrons. The van der Waals surface area contributed by atoms with E-state index in [1.807, 2.05) is 152 Å². The quantitative estimate of drug-likeness (QED) is 0.156. The first kappa shape index (κ1) is 42.8. The summed E-state index contributed by atoms with van der Waals surface area (Å²) in [6, 6.07) is 58.5. The molecule has 0 bridgehead atoms. The van der Waals surface area contributed by atoms with Gasteiger partial charge in [0, 0.05) is 26.6 Å². The molecule has 11 rings (SSSR count). The van der Waals surface area contributed by atoms with E-state index in [1.54, 1.807) is 35.9 Å². The van der Waals surface area contributed by atoms with E-state index in [0.717, 1.165) is 76.7 Å². The monoisotopic (exact) mass is 1010 g/mol. The van der Waals surface area contributed by atoms with Crippen LogP contribution < -0.4 is 19.3 Å². The number of benzene rings is 8. The second-order valence-electron chi connectivity index (χ2n) is 13.2. The van der Waals surface area contributed by atoms with Gasteiger partial charge in [-0.05, 0) is 47.2 Å². The van der Waals surface area contributed by atoms with E-state index >= 15 is 0 Å². The van der Waals surface area contributed by atoms with Gasteiger partial charge < -0.3 is 19.5 Å². The summed E-state index contributed by atoms with van der Waals surface area (Å²) < 4.78 is 11.8. The molecule has 3 heterocycles. The minimum Gasteiger partial charge on any atom is -0.554 e. The molecule has 13 heteroatoms. The van der Waals surface area contributed by atoms with Crippen LogP contribution in [-0.2, 0) is 20.1 Å². The maximum Gasteiger partial charge on any atom is 3.00 e. The van der Waals surface area contributed by atoms with E-state index in [0.29, 0.717) is 10.4 Å². The number of rotatable bonds is 5. The summed E-state index contributed by atoms with van der Waals surface area (Å²) in [6.45, 7) is 0. The molecular formula is C49H37IrN8O3S. The topological polar surface area (TPSA) is 123 Å². The molecule has 0 N–H and O–H groups in total. The third-order valence-corrected chi connectivity index (χ3v) is 10.4. The molecule has 0 saturated heterocycles. The van der Waals surface area contributed by atoms with Gasteiger partial charge in [0.25, 0.3) is 0 Å². The number of carbonyl (C=O) groups is 1. The van der Waals surface area contributed by atoms with Gasteiger partial charge in [-0.25, -0.2) is 0 Å². The molecule has 0 radical (unpaired) electrons. The molecule has 0 saturated carbocycles. The Morgan fingerprint density at radius 3 is 1.42 bits per heavy atom. The predicted molar refractivity (Wildman–Crippen MR) is 242 cm³/mol. The minimum atomic E-state index is -0.255. The van der Waals surface area contributed by atoms with Crippen LogP contribution in [0, 0.1) is 12.1 Å². The van der Waals surface area contributed by atoms with E-state index in [9.17, 15) is 4.79 Å². The number of nitrogens with zero attached hydrogens (tertiary/aromatic N) is 8. The van der Waals surface area contributed by atoms with Crippen molar-refractivity contribution in [3.63, 3.8) is 0 Å². The van der Waals surface area contributed by atoms with Crippen molar-refractivity contribution in [3.05, 3.63) is 186 Å². The van der Waals surface area contributed by atoms with E-state index in [2.05, 4.69) is 42.5 Å². The Morgan fingerprint density at radius 2 is 0.968 bits per heavy atom. The number of carbonyl (C=O) groups excluding carboxylic acids is 1. The van der Waals surface area contributed by atoms with Crippen LogP contribution >= 0.6 is 11.3 Å². The molecule has 3 aromatic heterocycles. The molecule has 0 unspecified atom stereocenters. The number of aromatic nitrogens is 7. The summed E-state index contributed by atoms with van der Waals surface area (Å²) in [4.78, 5) is 24.0. The largest absolute Gasteiger partial charge is 3.00 e. The molecule has 0 aliphatic carbocycles. The van der Waals surface area contributed by atoms with Gasteiger partial charge in [0.05, 0.1) is 14.2 Å². The van der Waals surface area contributed by atoms with Crippen LogP contribution in [0.4, 0.5) is 0 Å². The molecule has 11 nitrogen and oxygen atoms in total. The van der Waals surface area contributed by atoms with Crippen molar-refractivity contribution >= 4 is 71.1 Å². The van der Waals surface area contributed by atoms with Gasteiger partial charge in [-0.3, -0.25) is 4.79 Å². The third kappa shape index (κ3) is 8.91. The smallest absolute Gasteiger partial charge is 0.554 e. The Balaban J connectivity index is 0.000000138. The van der Waals surface area contributed by atoms with Crippen LogP contribution in [0.5, 0.6) is 11.5 Å². The van der Waals surface area contributed by atoms with Gasteiger partial charge in [0.1, 0.15) is 22.1 Å². The fraction of sp³-hybridized carbons (Fsp3) is 0.0612. The van der Waals surface area contributed by atoms with Crippen molar-refractivity contribution in [2.24, 2.45) is 4.99 Å². The number of hydrogen-bond acceptors (Lipinski definition) is 8.